The van der Waals surface area contributed by atoms with Gasteiger partial charge >= 0.3 is 6.03 Å². The summed E-state index contributed by atoms with van der Waals surface area (Å²) in [6, 6.07) is 11.8. The summed E-state index contributed by atoms with van der Waals surface area (Å²) < 4.78 is 25.1. The van der Waals surface area contributed by atoms with Crippen LogP contribution in [0.25, 0.3) is 0 Å². The van der Waals surface area contributed by atoms with Crippen molar-refractivity contribution in [3.8, 4) is 0 Å². The summed E-state index contributed by atoms with van der Waals surface area (Å²) in [4.78, 5) is 39.8. The fraction of sp³-hybridized carbons (Fsp3) is 0.318. The van der Waals surface area contributed by atoms with Crippen molar-refractivity contribution in [1.82, 2.24) is 10.2 Å². The number of urea groups is 1. The molecule has 1 saturated heterocycles. The van der Waals surface area contributed by atoms with E-state index in [9.17, 15) is 22.8 Å². The summed E-state index contributed by atoms with van der Waals surface area (Å²) in [7, 11) is -3.38. The van der Waals surface area contributed by atoms with Gasteiger partial charge in [0.25, 0.3) is 5.91 Å². The van der Waals surface area contributed by atoms with E-state index >= 15 is 0 Å². The number of Topliss-reactive ketones (excluding diaryl/α,β-unsaturated/α-hetero) is 1. The zero-order chi connectivity index (χ0) is 22.0. The highest BCUT2D eigenvalue weighted by atomic mass is 32.2. The number of sulfonamides is 1. The second-order valence-corrected chi connectivity index (χ2v) is 10.1. The Hall–Kier alpha value is -3.20. The molecule has 2 aromatic carbocycles. The Morgan fingerprint density at radius 3 is 2.65 bits per heavy atom. The molecule has 1 spiro atoms. The van der Waals surface area contributed by atoms with Crippen LogP contribution in [0.5, 0.6) is 0 Å². The van der Waals surface area contributed by atoms with Crippen LogP contribution in [0.15, 0.2) is 42.5 Å². The van der Waals surface area contributed by atoms with E-state index in [2.05, 4.69) is 5.32 Å². The third-order valence-electron chi connectivity index (χ3n) is 6.38. The van der Waals surface area contributed by atoms with Crippen LogP contribution in [0.3, 0.4) is 0 Å². The molecule has 5 rings (SSSR count). The summed E-state index contributed by atoms with van der Waals surface area (Å²) in [5.41, 5.74) is 2.40. The monoisotopic (exact) mass is 439 g/mol. The lowest BCUT2D eigenvalue weighted by atomic mass is 9.92. The summed E-state index contributed by atoms with van der Waals surface area (Å²) in [5.74, 6) is -0.771. The van der Waals surface area contributed by atoms with E-state index in [0.29, 0.717) is 37.1 Å². The highest BCUT2D eigenvalue weighted by Crippen LogP contribution is 2.41. The molecular weight excluding hydrogens is 418 g/mol. The number of ketones is 1. The molecule has 2 heterocycles. The molecule has 3 aliphatic rings. The number of anilines is 1. The van der Waals surface area contributed by atoms with Gasteiger partial charge in [0.05, 0.1) is 18.5 Å². The van der Waals surface area contributed by atoms with Crippen LogP contribution in [-0.2, 0) is 33.2 Å². The number of rotatable bonds is 4. The summed E-state index contributed by atoms with van der Waals surface area (Å²) in [6.07, 6.45) is 2.82. The Morgan fingerprint density at radius 1 is 1.10 bits per heavy atom. The molecule has 9 heteroatoms. The topological polar surface area (TPSA) is 104 Å². The Labute approximate surface area is 179 Å². The molecule has 0 bridgehead atoms. The van der Waals surface area contributed by atoms with Crippen LogP contribution in [0.4, 0.5) is 10.5 Å². The van der Waals surface area contributed by atoms with E-state index in [-0.39, 0.29) is 12.3 Å². The molecule has 1 N–H and O–H groups in total. The molecule has 1 unspecified atom stereocenters. The van der Waals surface area contributed by atoms with Gasteiger partial charge in [-0.25, -0.2) is 13.2 Å². The van der Waals surface area contributed by atoms with E-state index in [1.165, 1.54) is 4.31 Å². The van der Waals surface area contributed by atoms with Gasteiger partial charge in [-0.2, -0.15) is 0 Å². The zero-order valence-corrected chi connectivity index (χ0v) is 17.7. The first kappa shape index (κ1) is 19.7. The van der Waals surface area contributed by atoms with Gasteiger partial charge in [-0.15, -0.1) is 0 Å². The number of benzene rings is 2. The third kappa shape index (κ3) is 2.95. The minimum atomic E-state index is -3.38. The SMILES string of the molecule is CS(=O)(=O)N1CCc2cc(C(=O)CN3C(=O)NC4(CCc5ccccc54)C3=O)ccc21. The maximum absolute atomic E-state index is 13.2. The first-order valence-corrected chi connectivity index (χ1v) is 11.9. The number of nitrogens with one attached hydrogen (secondary N) is 1. The molecule has 1 aliphatic carbocycles. The van der Waals surface area contributed by atoms with Crippen molar-refractivity contribution in [1.29, 1.82) is 0 Å². The minimum absolute atomic E-state index is 0.334. The Kier molecular flexibility index (Phi) is 4.23. The highest BCUT2D eigenvalue weighted by molar-refractivity contribution is 7.92. The van der Waals surface area contributed by atoms with Gasteiger partial charge in [0.1, 0.15) is 5.54 Å². The van der Waals surface area contributed by atoms with Crippen LogP contribution in [-0.4, -0.2) is 50.4 Å². The van der Waals surface area contributed by atoms with Gasteiger partial charge < -0.3 is 5.32 Å². The van der Waals surface area contributed by atoms with Gasteiger partial charge in [-0.1, -0.05) is 24.3 Å². The van der Waals surface area contributed by atoms with Crippen molar-refractivity contribution in [3.63, 3.8) is 0 Å². The molecule has 1 fully saturated rings. The predicted octanol–water partition coefficient (Wildman–Crippen LogP) is 1.58. The van der Waals surface area contributed by atoms with Crippen molar-refractivity contribution < 1.29 is 22.8 Å². The maximum Gasteiger partial charge on any atom is 0.325 e. The minimum Gasteiger partial charge on any atom is -0.319 e. The van der Waals surface area contributed by atoms with Gasteiger partial charge in [-0.3, -0.25) is 18.8 Å². The average molecular weight is 439 g/mol. The van der Waals surface area contributed by atoms with Crippen molar-refractivity contribution in [2.24, 2.45) is 0 Å². The highest BCUT2D eigenvalue weighted by Gasteiger charge is 2.55. The zero-order valence-electron chi connectivity index (χ0n) is 16.9. The fourth-order valence-electron chi connectivity index (χ4n) is 4.86. The largest absolute Gasteiger partial charge is 0.325 e. The molecular formula is C22H21N3O5S. The Balaban J connectivity index is 1.39. The third-order valence-corrected chi connectivity index (χ3v) is 7.56. The number of aryl methyl sites for hydroxylation is 1. The standard InChI is InChI=1S/C22H21N3O5S/c1-31(29,30)25-11-9-15-12-16(6-7-18(15)25)19(26)13-24-20(27)22(23-21(24)28)10-8-14-4-2-3-5-17(14)22/h2-7,12H,8-11,13H2,1H3,(H,23,28). The molecule has 2 aromatic rings. The molecule has 0 radical (unpaired) electrons. The lowest BCUT2D eigenvalue weighted by Crippen LogP contribution is -2.42. The van der Waals surface area contributed by atoms with Crippen molar-refractivity contribution in [2.45, 2.75) is 24.8 Å². The van der Waals surface area contributed by atoms with Crippen LogP contribution >= 0.6 is 0 Å². The predicted molar refractivity (Wildman–Crippen MR) is 113 cm³/mol. The van der Waals surface area contributed by atoms with Gasteiger partial charge in [0.2, 0.25) is 10.0 Å². The van der Waals surface area contributed by atoms with Gasteiger partial charge in [-0.05, 0) is 54.2 Å². The van der Waals surface area contributed by atoms with Crippen LogP contribution in [0.2, 0.25) is 0 Å². The Bertz CT molecular complexity index is 1260. The molecule has 3 amide bonds. The van der Waals surface area contributed by atoms with E-state index in [1.54, 1.807) is 18.2 Å². The second kappa shape index (κ2) is 6.65. The quantitative estimate of drug-likeness (QED) is 0.576. The van der Waals surface area contributed by atoms with Crippen LogP contribution in [0, 0.1) is 0 Å². The summed E-state index contributed by atoms with van der Waals surface area (Å²) in [6.45, 7) is -0.0239. The van der Waals surface area contributed by atoms with Crippen LogP contribution < -0.4 is 9.62 Å². The number of carbonyl (C=O) groups is 3. The van der Waals surface area contributed by atoms with Gasteiger partial charge in [0, 0.05) is 12.1 Å². The number of amides is 3. The average Bonchev–Trinajstić information content (AvgIpc) is 3.39. The Morgan fingerprint density at radius 2 is 1.87 bits per heavy atom. The van der Waals surface area contributed by atoms with E-state index < -0.39 is 27.5 Å². The van der Waals surface area contributed by atoms with E-state index in [0.717, 1.165) is 27.8 Å². The number of carbonyl (C=O) groups excluding carboxylic acids is 3. The molecule has 8 nitrogen and oxygen atoms in total. The van der Waals surface area contributed by atoms with Gasteiger partial charge in [0.15, 0.2) is 5.78 Å². The molecule has 160 valence electrons. The number of nitrogens with zero attached hydrogens (tertiary/aromatic N) is 2. The molecule has 1 atom stereocenters. The second-order valence-electron chi connectivity index (χ2n) is 8.24. The van der Waals surface area contributed by atoms with Crippen molar-refractivity contribution in [3.05, 3.63) is 64.7 Å². The summed E-state index contributed by atoms with van der Waals surface area (Å²) in [5, 5.41) is 2.82. The maximum atomic E-state index is 13.2. The first-order valence-electron chi connectivity index (χ1n) is 10.1. The van der Waals surface area contributed by atoms with Crippen molar-refractivity contribution >= 4 is 33.4 Å². The van der Waals surface area contributed by atoms with E-state index in [4.69, 9.17) is 0 Å². The van der Waals surface area contributed by atoms with Crippen LogP contribution in [0.1, 0.15) is 33.5 Å². The lowest BCUT2D eigenvalue weighted by Gasteiger charge is -2.22. The summed E-state index contributed by atoms with van der Waals surface area (Å²) >= 11 is 0. The molecule has 0 aromatic heterocycles. The number of fused-ring (bicyclic) bond motifs is 3. The number of hydrogen-bond donors (Lipinski definition) is 1. The molecule has 31 heavy (non-hydrogen) atoms. The smallest absolute Gasteiger partial charge is 0.319 e. The lowest BCUT2D eigenvalue weighted by molar-refractivity contribution is -0.131. The van der Waals surface area contributed by atoms with E-state index in [1.807, 2.05) is 24.3 Å². The molecule has 2 aliphatic heterocycles. The normalized spacial score (nSPS) is 22.1. The van der Waals surface area contributed by atoms with Crippen molar-refractivity contribution in [2.75, 3.05) is 23.7 Å². The number of imide groups is 1. The fourth-order valence-corrected chi connectivity index (χ4v) is 5.82. The number of hydrogen-bond acceptors (Lipinski definition) is 5. The first-order chi connectivity index (χ1) is 14.7. The molecule has 0 saturated carbocycles.